The van der Waals surface area contributed by atoms with Crippen LogP contribution in [0.4, 0.5) is 5.82 Å². The Morgan fingerprint density at radius 1 is 1.64 bits per heavy atom. The quantitative estimate of drug-likeness (QED) is 0.642. The van der Waals surface area contributed by atoms with Crippen LogP contribution in [0.2, 0.25) is 0 Å². The normalized spacial score (nSPS) is 9.86. The third-order valence-corrected chi connectivity index (χ3v) is 1.58. The number of aromatic amines is 1. The molecule has 1 aromatic heterocycles. The summed E-state index contributed by atoms with van der Waals surface area (Å²) < 4.78 is 4.70. The molecule has 0 unspecified atom stereocenters. The van der Waals surface area contributed by atoms with E-state index in [4.69, 9.17) is 10.5 Å². The highest BCUT2D eigenvalue weighted by Gasteiger charge is 2.14. The van der Waals surface area contributed by atoms with Gasteiger partial charge in [0, 0.05) is 0 Å². The number of carbonyl (C=O) groups is 1. The molecule has 76 valence electrons. The molecule has 0 spiro atoms. The molecule has 0 fully saturated rings. The van der Waals surface area contributed by atoms with E-state index >= 15 is 0 Å². The van der Waals surface area contributed by atoms with Crippen LogP contribution in [-0.2, 0) is 4.74 Å². The predicted molar refractivity (Wildman–Crippen MR) is 50.0 cm³/mol. The Kier molecular flexibility index (Phi) is 2.85. The zero-order chi connectivity index (χ0) is 10.7. The molecular weight excluding hydrogens is 186 g/mol. The summed E-state index contributed by atoms with van der Waals surface area (Å²) in [5.41, 5.74) is 5.13. The molecule has 1 aromatic rings. The lowest BCUT2D eigenvalue weighted by Crippen LogP contribution is -2.20. The van der Waals surface area contributed by atoms with Crippen molar-refractivity contribution in [3.8, 4) is 0 Å². The fourth-order valence-electron chi connectivity index (χ4n) is 0.906. The maximum Gasteiger partial charge on any atom is 0.360 e. The molecule has 0 saturated carbocycles. The lowest BCUT2D eigenvalue weighted by atomic mass is 10.4. The van der Waals surface area contributed by atoms with Gasteiger partial charge in [-0.3, -0.25) is 4.79 Å². The van der Waals surface area contributed by atoms with Crippen LogP contribution in [0.5, 0.6) is 0 Å². The van der Waals surface area contributed by atoms with E-state index in [-0.39, 0.29) is 23.8 Å². The van der Waals surface area contributed by atoms with Crippen molar-refractivity contribution in [2.75, 3.05) is 12.3 Å². The van der Waals surface area contributed by atoms with E-state index in [0.717, 1.165) is 0 Å². The second kappa shape index (κ2) is 3.91. The van der Waals surface area contributed by atoms with Gasteiger partial charge in [-0.15, -0.1) is 0 Å². The first-order chi connectivity index (χ1) is 6.56. The van der Waals surface area contributed by atoms with E-state index in [1.54, 1.807) is 6.92 Å². The summed E-state index contributed by atoms with van der Waals surface area (Å²) in [6.07, 6.45) is 0. The first-order valence-corrected chi connectivity index (χ1v) is 4.09. The van der Waals surface area contributed by atoms with Crippen LogP contribution < -0.4 is 11.3 Å². The van der Waals surface area contributed by atoms with Crippen molar-refractivity contribution >= 4 is 11.8 Å². The Bertz CT molecular complexity index is 411. The van der Waals surface area contributed by atoms with Gasteiger partial charge in [0.2, 0.25) is 0 Å². The molecule has 1 rings (SSSR count). The molecule has 3 N–H and O–H groups in total. The van der Waals surface area contributed by atoms with Gasteiger partial charge in [0.05, 0.1) is 6.61 Å². The molecule has 0 radical (unpaired) electrons. The fraction of sp³-hybridized carbons (Fsp3) is 0.375. The molecule has 0 aliphatic heterocycles. The van der Waals surface area contributed by atoms with Gasteiger partial charge in [-0.05, 0) is 13.8 Å². The first-order valence-electron chi connectivity index (χ1n) is 4.09. The minimum Gasteiger partial charge on any atom is -0.461 e. The van der Waals surface area contributed by atoms with Gasteiger partial charge < -0.3 is 15.5 Å². The average Bonchev–Trinajstić information content (AvgIpc) is 2.11. The van der Waals surface area contributed by atoms with Crippen molar-refractivity contribution in [2.45, 2.75) is 13.8 Å². The number of hydrogen-bond acceptors (Lipinski definition) is 5. The van der Waals surface area contributed by atoms with E-state index in [1.807, 2.05) is 0 Å². The molecule has 0 aliphatic carbocycles. The van der Waals surface area contributed by atoms with E-state index in [1.165, 1.54) is 6.92 Å². The second-order valence-electron chi connectivity index (χ2n) is 2.63. The van der Waals surface area contributed by atoms with Crippen LogP contribution in [0.1, 0.15) is 23.1 Å². The number of anilines is 1. The van der Waals surface area contributed by atoms with Crippen LogP contribution in [-0.4, -0.2) is 22.5 Å². The Morgan fingerprint density at radius 2 is 2.29 bits per heavy atom. The number of aryl methyl sites for hydroxylation is 1. The third-order valence-electron chi connectivity index (χ3n) is 1.58. The molecule has 6 heteroatoms. The van der Waals surface area contributed by atoms with Crippen molar-refractivity contribution in [1.82, 2.24) is 9.97 Å². The average molecular weight is 197 g/mol. The number of H-pyrrole nitrogens is 1. The molecule has 0 atom stereocenters. The number of nitrogen functional groups attached to an aromatic ring is 1. The molecule has 0 bridgehead atoms. The van der Waals surface area contributed by atoms with E-state index in [9.17, 15) is 9.59 Å². The Balaban J connectivity index is 3.16. The number of esters is 1. The maximum absolute atomic E-state index is 11.2. The summed E-state index contributed by atoms with van der Waals surface area (Å²) in [6, 6.07) is 0. The van der Waals surface area contributed by atoms with Crippen molar-refractivity contribution in [1.29, 1.82) is 0 Å². The van der Waals surface area contributed by atoms with E-state index in [0.29, 0.717) is 0 Å². The van der Waals surface area contributed by atoms with Crippen LogP contribution in [0.3, 0.4) is 0 Å². The molecule has 0 aromatic carbocycles. The summed E-state index contributed by atoms with van der Waals surface area (Å²) in [4.78, 5) is 28.3. The largest absolute Gasteiger partial charge is 0.461 e. The Hall–Kier alpha value is -1.85. The van der Waals surface area contributed by atoms with Crippen molar-refractivity contribution in [2.24, 2.45) is 0 Å². The number of nitrogens with one attached hydrogen (secondary N) is 1. The van der Waals surface area contributed by atoms with Crippen molar-refractivity contribution in [3.63, 3.8) is 0 Å². The zero-order valence-corrected chi connectivity index (χ0v) is 7.96. The summed E-state index contributed by atoms with van der Waals surface area (Å²) in [5.74, 6) is -0.705. The SMILES string of the molecule is CCOC(=O)c1nc(C)c(=O)[nH]c1N. The molecule has 1 heterocycles. The van der Waals surface area contributed by atoms with Gasteiger partial charge in [0.15, 0.2) is 5.69 Å². The monoisotopic (exact) mass is 197 g/mol. The molecule has 0 saturated heterocycles. The Morgan fingerprint density at radius 3 is 2.86 bits per heavy atom. The van der Waals surface area contributed by atoms with E-state index < -0.39 is 11.5 Å². The van der Waals surface area contributed by atoms with Crippen molar-refractivity contribution in [3.05, 3.63) is 21.7 Å². The number of carbonyl (C=O) groups excluding carboxylic acids is 1. The van der Waals surface area contributed by atoms with Gasteiger partial charge in [0.1, 0.15) is 11.5 Å². The number of nitrogens with zero attached hydrogens (tertiary/aromatic N) is 1. The number of aromatic nitrogens is 2. The summed E-state index contributed by atoms with van der Waals surface area (Å²) in [5, 5.41) is 0. The van der Waals surface area contributed by atoms with Crippen LogP contribution >= 0.6 is 0 Å². The highest BCUT2D eigenvalue weighted by Crippen LogP contribution is 2.04. The smallest absolute Gasteiger partial charge is 0.360 e. The topological polar surface area (TPSA) is 98.1 Å². The van der Waals surface area contributed by atoms with Gasteiger partial charge in [-0.2, -0.15) is 0 Å². The molecular formula is C8H11N3O3. The molecule has 14 heavy (non-hydrogen) atoms. The number of ether oxygens (including phenoxy) is 1. The minimum absolute atomic E-state index is 0.0519. The van der Waals surface area contributed by atoms with Gasteiger partial charge in [-0.25, -0.2) is 9.78 Å². The van der Waals surface area contributed by atoms with Crippen LogP contribution in [0, 0.1) is 6.92 Å². The predicted octanol–water partition coefficient (Wildman–Crippen LogP) is -0.163. The summed E-state index contributed by atoms with van der Waals surface area (Å²) in [7, 11) is 0. The van der Waals surface area contributed by atoms with Gasteiger partial charge in [0.25, 0.3) is 5.56 Å². The minimum atomic E-state index is -0.635. The van der Waals surface area contributed by atoms with E-state index in [2.05, 4.69) is 9.97 Å². The highest BCUT2D eigenvalue weighted by molar-refractivity contribution is 5.91. The highest BCUT2D eigenvalue weighted by atomic mass is 16.5. The maximum atomic E-state index is 11.2. The molecule has 6 nitrogen and oxygen atoms in total. The number of rotatable bonds is 2. The first kappa shape index (κ1) is 10.2. The molecule has 0 amide bonds. The standard InChI is InChI=1S/C8H11N3O3/c1-3-14-8(13)5-6(9)11-7(12)4(2)10-5/h3H2,1-2H3,(H3,9,11,12). The zero-order valence-electron chi connectivity index (χ0n) is 7.96. The van der Waals surface area contributed by atoms with Gasteiger partial charge in [-0.1, -0.05) is 0 Å². The summed E-state index contributed by atoms with van der Waals surface area (Å²) >= 11 is 0. The third kappa shape index (κ3) is 1.90. The Labute approximate surface area is 80.1 Å². The lowest BCUT2D eigenvalue weighted by molar-refractivity contribution is 0.0520. The molecule has 0 aliphatic rings. The van der Waals surface area contributed by atoms with Crippen LogP contribution in [0.25, 0.3) is 0 Å². The van der Waals surface area contributed by atoms with Crippen molar-refractivity contribution < 1.29 is 9.53 Å². The van der Waals surface area contributed by atoms with Gasteiger partial charge >= 0.3 is 5.97 Å². The fourth-order valence-corrected chi connectivity index (χ4v) is 0.906. The summed E-state index contributed by atoms with van der Waals surface area (Å²) in [6.45, 7) is 3.39. The number of nitrogens with two attached hydrogens (primary N) is 1. The number of hydrogen-bond donors (Lipinski definition) is 2. The second-order valence-corrected chi connectivity index (χ2v) is 2.63. The lowest BCUT2D eigenvalue weighted by Gasteiger charge is -2.04. The van der Waals surface area contributed by atoms with Crippen LogP contribution in [0.15, 0.2) is 4.79 Å².